The third-order valence-corrected chi connectivity index (χ3v) is 7.37. The summed E-state index contributed by atoms with van der Waals surface area (Å²) in [6.45, 7) is 12.6. The number of aromatic nitrogens is 1. The minimum absolute atomic E-state index is 0.0508. The molecule has 1 aliphatic heterocycles. The number of sulfonamides is 1. The summed E-state index contributed by atoms with van der Waals surface area (Å²) in [7, 11) is -3.90. The number of nitrogens with one attached hydrogen (secondary N) is 1. The summed E-state index contributed by atoms with van der Waals surface area (Å²) in [5, 5.41) is 10.7. The van der Waals surface area contributed by atoms with Crippen LogP contribution in [0.15, 0.2) is 39.7 Å². The average Bonchev–Trinajstić information content (AvgIpc) is 3.32. The summed E-state index contributed by atoms with van der Waals surface area (Å²) in [5.74, 6) is 0.288. The highest BCUT2D eigenvalue weighted by Gasteiger charge is 2.28. The van der Waals surface area contributed by atoms with Gasteiger partial charge in [-0.2, -0.15) is 0 Å². The van der Waals surface area contributed by atoms with Gasteiger partial charge in [-0.1, -0.05) is 6.92 Å². The van der Waals surface area contributed by atoms with Crippen molar-refractivity contribution < 1.29 is 27.5 Å². The van der Waals surface area contributed by atoms with Crippen LogP contribution in [-0.4, -0.2) is 78.8 Å². The molecule has 14 heteroatoms. The third kappa shape index (κ3) is 9.54. The lowest BCUT2D eigenvalue weighted by molar-refractivity contribution is -0.125. The van der Waals surface area contributed by atoms with Crippen LogP contribution in [-0.2, 0) is 19.6 Å². The van der Waals surface area contributed by atoms with Gasteiger partial charge in [0, 0.05) is 37.8 Å². The monoisotopic (exact) mass is 606 g/mol. The van der Waals surface area contributed by atoms with Crippen LogP contribution in [0.5, 0.6) is 5.75 Å². The van der Waals surface area contributed by atoms with Gasteiger partial charge in [0.2, 0.25) is 10.0 Å². The number of nitrogens with two attached hydrogens (primary N) is 1. The Hall–Kier alpha value is -3.49. The number of piperazine rings is 1. The molecule has 0 saturated carbocycles. The SMILES string of the molecule is CCC(=N/C=C/c1csc(Nc2cc(S(N)(=O)=O)ccc2OC(C)C)n1)C(=O)N1CCN(C(=O)OC(C)(C)C)CC1. The highest BCUT2D eigenvalue weighted by atomic mass is 32.2. The summed E-state index contributed by atoms with van der Waals surface area (Å²) in [5.41, 5.74) is 0.842. The van der Waals surface area contributed by atoms with Crippen molar-refractivity contribution in [3.8, 4) is 5.75 Å². The smallest absolute Gasteiger partial charge is 0.410 e. The van der Waals surface area contributed by atoms with Crippen LogP contribution < -0.4 is 15.2 Å². The maximum Gasteiger partial charge on any atom is 0.410 e. The zero-order chi connectivity index (χ0) is 30.4. The topological polar surface area (TPSA) is 157 Å². The molecule has 1 saturated heterocycles. The lowest BCUT2D eigenvalue weighted by Gasteiger charge is -2.35. The highest BCUT2D eigenvalue weighted by molar-refractivity contribution is 7.89. The molecular weight excluding hydrogens is 568 g/mol. The Morgan fingerprint density at radius 2 is 1.85 bits per heavy atom. The third-order valence-electron chi connectivity index (χ3n) is 5.68. The Bertz CT molecular complexity index is 1400. The molecule has 0 unspecified atom stereocenters. The molecule has 41 heavy (non-hydrogen) atoms. The number of benzene rings is 1. The van der Waals surface area contributed by atoms with Crippen LogP contribution in [0.25, 0.3) is 6.08 Å². The highest BCUT2D eigenvalue weighted by Crippen LogP contribution is 2.32. The van der Waals surface area contributed by atoms with Crippen LogP contribution in [0.3, 0.4) is 0 Å². The van der Waals surface area contributed by atoms with Crippen molar-refractivity contribution in [3.05, 3.63) is 35.5 Å². The van der Waals surface area contributed by atoms with Gasteiger partial charge < -0.3 is 24.6 Å². The first-order valence-electron chi connectivity index (χ1n) is 13.2. The van der Waals surface area contributed by atoms with Crippen molar-refractivity contribution in [2.75, 3.05) is 31.5 Å². The van der Waals surface area contributed by atoms with Gasteiger partial charge in [0.25, 0.3) is 5.91 Å². The van der Waals surface area contributed by atoms with Crippen LogP contribution in [0.2, 0.25) is 0 Å². The molecular formula is C27H38N6O6S2. The Labute approximate surface area is 245 Å². The summed E-state index contributed by atoms with van der Waals surface area (Å²) >= 11 is 1.31. The van der Waals surface area contributed by atoms with Gasteiger partial charge in [-0.15, -0.1) is 11.3 Å². The Balaban J connectivity index is 1.65. The van der Waals surface area contributed by atoms with Gasteiger partial charge in [-0.25, -0.2) is 23.3 Å². The van der Waals surface area contributed by atoms with E-state index in [1.807, 2.05) is 41.5 Å². The number of primary sulfonamides is 1. The Morgan fingerprint density at radius 3 is 2.44 bits per heavy atom. The molecule has 1 aromatic carbocycles. The van der Waals surface area contributed by atoms with Gasteiger partial charge in [0.05, 0.1) is 22.4 Å². The number of thiazole rings is 1. The fourth-order valence-corrected chi connectivity index (χ4v) is 5.01. The fraction of sp³-hybridized carbons (Fsp3) is 0.481. The number of nitrogens with zero attached hydrogens (tertiary/aromatic N) is 4. The van der Waals surface area contributed by atoms with Crippen LogP contribution in [0, 0.1) is 0 Å². The number of hydrogen-bond donors (Lipinski definition) is 2. The predicted octanol–water partition coefficient (Wildman–Crippen LogP) is 4.22. The van der Waals surface area contributed by atoms with E-state index in [2.05, 4.69) is 15.3 Å². The fourth-order valence-electron chi connectivity index (χ4n) is 3.78. The first-order valence-corrected chi connectivity index (χ1v) is 15.7. The Kier molecular flexibility index (Phi) is 10.5. The molecule has 3 N–H and O–H groups in total. The normalized spacial score (nSPS) is 15.0. The summed E-state index contributed by atoms with van der Waals surface area (Å²) in [6, 6.07) is 4.34. The number of anilines is 2. The van der Waals surface area contributed by atoms with Crippen LogP contribution in [0.1, 0.15) is 53.7 Å². The lowest BCUT2D eigenvalue weighted by Crippen LogP contribution is -2.53. The van der Waals surface area contributed by atoms with Crippen molar-refractivity contribution >= 4 is 56.0 Å². The minimum Gasteiger partial charge on any atom is -0.489 e. The maximum absolute atomic E-state index is 13.0. The number of aliphatic imine (C=N–C) groups is 1. The van der Waals surface area contributed by atoms with Crippen molar-refractivity contribution in [1.82, 2.24) is 14.8 Å². The second-order valence-corrected chi connectivity index (χ2v) is 13.0. The van der Waals surface area contributed by atoms with Crippen molar-refractivity contribution in [1.29, 1.82) is 0 Å². The van der Waals surface area contributed by atoms with E-state index in [4.69, 9.17) is 14.6 Å². The van der Waals surface area contributed by atoms with E-state index in [0.29, 0.717) is 60.6 Å². The number of ether oxygens (including phenoxy) is 2. The van der Waals surface area contributed by atoms with Gasteiger partial charge >= 0.3 is 6.09 Å². The first-order chi connectivity index (χ1) is 19.2. The Morgan fingerprint density at radius 1 is 1.20 bits per heavy atom. The van der Waals surface area contributed by atoms with Gasteiger partial charge in [0.1, 0.15) is 17.1 Å². The molecule has 0 aliphatic carbocycles. The zero-order valence-corrected chi connectivity index (χ0v) is 25.8. The standard InChI is InChI=1S/C27H38N6O6S2/c1-7-21(24(34)32-12-14-33(15-13-32)26(35)39-27(4,5)6)29-11-10-19-17-40-25(30-19)31-22-16-20(41(28,36)37)8-9-23(22)38-18(2)3/h8-11,16-18H,7,12-15H2,1-6H3,(H,30,31)(H2,28,36,37)/b11-10+,29-21?. The minimum atomic E-state index is -3.90. The summed E-state index contributed by atoms with van der Waals surface area (Å²) in [4.78, 5) is 37.4. The molecule has 2 aromatic rings. The van der Waals surface area contributed by atoms with E-state index >= 15 is 0 Å². The summed E-state index contributed by atoms with van der Waals surface area (Å²) in [6.07, 6.45) is 3.14. The van der Waals surface area contributed by atoms with Crippen molar-refractivity contribution in [3.63, 3.8) is 0 Å². The molecule has 0 radical (unpaired) electrons. The lowest BCUT2D eigenvalue weighted by atomic mass is 10.2. The van der Waals surface area contributed by atoms with E-state index < -0.39 is 15.6 Å². The van der Waals surface area contributed by atoms with Crippen molar-refractivity contribution in [2.24, 2.45) is 10.1 Å². The quantitative estimate of drug-likeness (QED) is 0.402. The van der Waals surface area contributed by atoms with E-state index in [9.17, 15) is 18.0 Å². The molecule has 1 aromatic heterocycles. The molecule has 224 valence electrons. The largest absolute Gasteiger partial charge is 0.489 e. The molecule has 0 atom stereocenters. The molecule has 2 amide bonds. The molecule has 1 aliphatic rings. The van der Waals surface area contributed by atoms with E-state index in [-0.39, 0.29) is 23.0 Å². The number of hydrogen-bond acceptors (Lipinski definition) is 10. The molecule has 2 heterocycles. The van der Waals surface area contributed by atoms with E-state index in [1.165, 1.54) is 29.7 Å². The number of carbonyl (C=O) groups excluding carboxylic acids is 2. The van der Waals surface area contributed by atoms with Gasteiger partial charge in [0.15, 0.2) is 5.13 Å². The predicted molar refractivity (Wildman–Crippen MR) is 160 cm³/mol. The van der Waals surface area contributed by atoms with Crippen molar-refractivity contribution in [2.45, 2.75) is 64.6 Å². The van der Waals surface area contributed by atoms with E-state index in [1.54, 1.807) is 27.3 Å². The average molecular weight is 607 g/mol. The summed E-state index contributed by atoms with van der Waals surface area (Å²) < 4.78 is 34.9. The molecule has 3 rings (SSSR count). The second kappa shape index (κ2) is 13.4. The number of rotatable bonds is 9. The molecule has 12 nitrogen and oxygen atoms in total. The van der Waals surface area contributed by atoms with Gasteiger partial charge in [-0.3, -0.25) is 9.79 Å². The molecule has 0 spiro atoms. The maximum atomic E-state index is 13.0. The number of carbonyl (C=O) groups is 2. The second-order valence-electron chi connectivity index (χ2n) is 10.6. The zero-order valence-electron chi connectivity index (χ0n) is 24.2. The van der Waals surface area contributed by atoms with Crippen LogP contribution in [0.4, 0.5) is 15.6 Å². The molecule has 1 fully saturated rings. The van der Waals surface area contributed by atoms with Crippen LogP contribution >= 0.6 is 11.3 Å². The first kappa shape index (κ1) is 32.0. The van der Waals surface area contributed by atoms with E-state index in [0.717, 1.165) is 0 Å². The van der Waals surface area contributed by atoms with Gasteiger partial charge in [-0.05, 0) is 65.3 Å². The molecule has 0 bridgehead atoms. The number of amides is 2.